The van der Waals surface area contributed by atoms with Crippen LogP contribution in [-0.4, -0.2) is 43.4 Å². The summed E-state index contributed by atoms with van der Waals surface area (Å²) in [6, 6.07) is 10.5. The Bertz CT molecular complexity index is 773. The number of unbranched alkanes of at least 4 members (excludes halogenated alkanes) is 1. The minimum Gasteiger partial charge on any atom is -0.465 e. The van der Waals surface area contributed by atoms with Gasteiger partial charge in [-0.05, 0) is 62.7 Å². The summed E-state index contributed by atoms with van der Waals surface area (Å²) < 4.78 is 33.7. The summed E-state index contributed by atoms with van der Waals surface area (Å²) >= 11 is 1.77. The van der Waals surface area contributed by atoms with E-state index in [9.17, 15) is 9.36 Å². The smallest absolute Gasteiger partial charge is 0.465 e. The van der Waals surface area contributed by atoms with Crippen LogP contribution < -0.4 is 0 Å². The molecule has 0 radical (unpaired) electrons. The van der Waals surface area contributed by atoms with E-state index < -0.39 is 7.82 Å². The normalized spacial score (nSPS) is 14.5. The SMILES string of the molecule is CCOP(=O)(OCC)OCCCCOC(=O)C(CC(C)(C)SC)C(C)(C)CC(C)c1ccccc1. The monoisotopic (exact) mass is 530 g/mol. The summed E-state index contributed by atoms with van der Waals surface area (Å²) in [6.45, 7) is 15.5. The standard InChI is InChI=1S/C27H47O6PS/c1-9-31-34(29,32-10-2)33-19-15-14-18-30-25(28)24(21-27(6,7)35-8)26(4,5)20-22(3)23-16-12-11-13-17-23/h11-13,16-17,22,24H,9-10,14-15,18-21H2,1-8H3. The number of hydrogen-bond acceptors (Lipinski definition) is 7. The molecular weight excluding hydrogens is 483 g/mol. The first kappa shape index (κ1) is 32.2. The highest BCUT2D eigenvalue weighted by molar-refractivity contribution is 7.99. The fourth-order valence-electron chi connectivity index (χ4n) is 4.17. The largest absolute Gasteiger partial charge is 0.474 e. The number of phosphoric ester groups is 1. The van der Waals surface area contributed by atoms with Crippen LogP contribution >= 0.6 is 19.6 Å². The molecule has 0 amide bonds. The van der Waals surface area contributed by atoms with E-state index in [-0.39, 0.29) is 41.9 Å². The second-order valence-electron chi connectivity index (χ2n) is 10.2. The molecule has 202 valence electrons. The molecule has 1 rings (SSSR count). The van der Waals surface area contributed by atoms with E-state index in [1.54, 1.807) is 25.6 Å². The number of carbonyl (C=O) groups excluding carboxylic acids is 1. The average Bonchev–Trinajstić information content (AvgIpc) is 2.80. The highest BCUT2D eigenvalue weighted by atomic mass is 32.2. The summed E-state index contributed by atoms with van der Waals surface area (Å²) in [5, 5.41) is 0. The first-order valence-electron chi connectivity index (χ1n) is 12.7. The third-order valence-corrected chi connectivity index (χ3v) is 9.20. The Labute approximate surface area is 217 Å². The summed E-state index contributed by atoms with van der Waals surface area (Å²) in [5.41, 5.74) is 1.05. The lowest BCUT2D eigenvalue weighted by Gasteiger charge is -2.39. The fourth-order valence-corrected chi connectivity index (χ4v) is 5.71. The van der Waals surface area contributed by atoms with Gasteiger partial charge in [-0.2, -0.15) is 11.8 Å². The maximum absolute atomic E-state index is 13.3. The van der Waals surface area contributed by atoms with Crippen LogP contribution in [0.1, 0.15) is 85.6 Å². The Balaban J connectivity index is 2.72. The Morgan fingerprint density at radius 1 is 0.943 bits per heavy atom. The van der Waals surface area contributed by atoms with Crippen molar-refractivity contribution >= 4 is 25.6 Å². The first-order valence-corrected chi connectivity index (χ1v) is 15.4. The lowest BCUT2D eigenvalue weighted by atomic mass is 9.69. The van der Waals surface area contributed by atoms with Crippen molar-refractivity contribution in [2.75, 3.05) is 32.7 Å². The molecule has 0 aliphatic rings. The van der Waals surface area contributed by atoms with Gasteiger partial charge >= 0.3 is 13.8 Å². The molecule has 0 aliphatic heterocycles. The molecule has 2 unspecified atom stereocenters. The van der Waals surface area contributed by atoms with Crippen molar-refractivity contribution in [3.8, 4) is 0 Å². The minimum atomic E-state index is -3.50. The van der Waals surface area contributed by atoms with Crippen LogP contribution in [0.5, 0.6) is 0 Å². The van der Waals surface area contributed by atoms with Gasteiger partial charge in [-0.15, -0.1) is 0 Å². The van der Waals surface area contributed by atoms with Crippen molar-refractivity contribution < 1.29 is 27.7 Å². The number of phosphoric acid groups is 1. The van der Waals surface area contributed by atoms with E-state index in [4.69, 9.17) is 18.3 Å². The van der Waals surface area contributed by atoms with Gasteiger partial charge in [0.1, 0.15) is 0 Å². The fraction of sp³-hybridized carbons (Fsp3) is 0.741. The van der Waals surface area contributed by atoms with Crippen LogP contribution in [0.25, 0.3) is 0 Å². The van der Waals surface area contributed by atoms with Gasteiger partial charge in [-0.25, -0.2) is 4.57 Å². The highest BCUT2D eigenvalue weighted by Crippen LogP contribution is 2.49. The molecule has 0 bridgehead atoms. The summed E-state index contributed by atoms with van der Waals surface area (Å²) in [5.74, 6) is -0.0292. The molecule has 0 aliphatic carbocycles. The molecule has 0 saturated heterocycles. The second-order valence-corrected chi connectivity index (χ2v) is 13.4. The zero-order chi connectivity index (χ0) is 26.5. The topological polar surface area (TPSA) is 71.1 Å². The number of esters is 1. The molecule has 0 aromatic heterocycles. The third-order valence-electron chi connectivity index (χ3n) is 6.28. The van der Waals surface area contributed by atoms with E-state index in [1.165, 1.54) is 5.56 Å². The van der Waals surface area contributed by atoms with Gasteiger partial charge in [-0.1, -0.05) is 65.0 Å². The van der Waals surface area contributed by atoms with Crippen molar-refractivity contribution in [3.63, 3.8) is 0 Å². The quantitative estimate of drug-likeness (QED) is 0.109. The van der Waals surface area contributed by atoms with Gasteiger partial charge in [0.2, 0.25) is 0 Å². The van der Waals surface area contributed by atoms with Crippen LogP contribution in [0, 0.1) is 11.3 Å². The van der Waals surface area contributed by atoms with Gasteiger partial charge in [0.15, 0.2) is 0 Å². The van der Waals surface area contributed by atoms with Gasteiger partial charge in [0, 0.05) is 4.75 Å². The number of ether oxygens (including phenoxy) is 1. The lowest BCUT2D eigenvalue weighted by Crippen LogP contribution is -2.38. The van der Waals surface area contributed by atoms with Crippen molar-refractivity contribution in [2.24, 2.45) is 11.3 Å². The predicted molar refractivity (Wildman–Crippen MR) is 146 cm³/mol. The molecule has 8 heteroatoms. The van der Waals surface area contributed by atoms with Crippen molar-refractivity contribution in [3.05, 3.63) is 35.9 Å². The highest BCUT2D eigenvalue weighted by Gasteiger charge is 2.40. The summed E-state index contributed by atoms with van der Waals surface area (Å²) in [6.07, 6.45) is 4.93. The summed E-state index contributed by atoms with van der Waals surface area (Å²) in [7, 11) is -3.50. The van der Waals surface area contributed by atoms with Gasteiger partial charge in [0.25, 0.3) is 0 Å². The Morgan fingerprint density at radius 3 is 2.06 bits per heavy atom. The van der Waals surface area contributed by atoms with Crippen LogP contribution in [0.2, 0.25) is 0 Å². The van der Waals surface area contributed by atoms with E-state index >= 15 is 0 Å². The number of benzene rings is 1. The third kappa shape index (κ3) is 11.8. The van der Waals surface area contributed by atoms with Crippen molar-refractivity contribution in [2.45, 2.75) is 84.8 Å². The molecule has 0 N–H and O–H groups in total. The average molecular weight is 531 g/mol. The van der Waals surface area contributed by atoms with Crippen LogP contribution in [0.15, 0.2) is 30.3 Å². The molecule has 1 aromatic carbocycles. The Kier molecular flexibility index (Phi) is 14.2. The zero-order valence-corrected chi connectivity index (χ0v) is 24.7. The Hall–Kier alpha value is -0.850. The lowest BCUT2D eigenvalue weighted by molar-refractivity contribution is -0.154. The first-order chi connectivity index (χ1) is 16.4. The van der Waals surface area contributed by atoms with E-state index in [1.807, 2.05) is 6.07 Å². The molecule has 0 heterocycles. The molecule has 1 aromatic rings. The number of rotatable bonds is 18. The number of carbonyl (C=O) groups is 1. The van der Waals surface area contributed by atoms with Gasteiger partial charge < -0.3 is 4.74 Å². The minimum absolute atomic E-state index is 0.0372. The molecule has 0 spiro atoms. The molecule has 35 heavy (non-hydrogen) atoms. The maximum Gasteiger partial charge on any atom is 0.474 e. The van der Waals surface area contributed by atoms with Crippen LogP contribution in [-0.2, 0) is 27.7 Å². The second kappa shape index (κ2) is 15.4. The predicted octanol–water partition coefficient (Wildman–Crippen LogP) is 7.88. The molecule has 2 atom stereocenters. The molecule has 6 nitrogen and oxygen atoms in total. The van der Waals surface area contributed by atoms with Crippen molar-refractivity contribution in [1.82, 2.24) is 0 Å². The van der Waals surface area contributed by atoms with Crippen molar-refractivity contribution in [1.29, 1.82) is 0 Å². The molecule has 0 saturated carbocycles. The van der Waals surface area contributed by atoms with E-state index in [2.05, 4.69) is 65.1 Å². The van der Waals surface area contributed by atoms with E-state index in [0.717, 1.165) is 12.8 Å². The van der Waals surface area contributed by atoms with Gasteiger partial charge in [-0.3, -0.25) is 18.4 Å². The Morgan fingerprint density at radius 2 is 1.51 bits per heavy atom. The number of thioether (sulfide) groups is 1. The van der Waals surface area contributed by atoms with Gasteiger partial charge in [0.05, 0.1) is 32.3 Å². The number of hydrogen-bond donors (Lipinski definition) is 0. The molecule has 0 fully saturated rings. The molecular formula is C27H47O6PS. The van der Waals surface area contributed by atoms with Crippen LogP contribution in [0.4, 0.5) is 0 Å². The zero-order valence-electron chi connectivity index (χ0n) is 23.0. The maximum atomic E-state index is 13.3. The summed E-state index contributed by atoms with van der Waals surface area (Å²) in [4.78, 5) is 13.3. The van der Waals surface area contributed by atoms with E-state index in [0.29, 0.717) is 25.4 Å². The van der Waals surface area contributed by atoms with Crippen LogP contribution in [0.3, 0.4) is 0 Å².